The third-order valence-corrected chi connectivity index (χ3v) is 7.91. The van der Waals surface area contributed by atoms with Crippen molar-refractivity contribution >= 4 is 24.7 Å². The van der Waals surface area contributed by atoms with Crippen LogP contribution in [0, 0.1) is 6.92 Å². The second kappa shape index (κ2) is 3.82. The van der Waals surface area contributed by atoms with E-state index in [0.29, 0.717) is 0 Å². The number of rotatable bonds is 2. The molecule has 1 aromatic carbocycles. The summed E-state index contributed by atoms with van der Waals surface area (Å²) in [5, 5.41) is 0. The van der Waals surface area contributed by atoms with Crippen LogP contribution in [0.1, 0.15) is 24.8 Å². The van der Waals surface area contributed by atoms with Crippen LogP contribution in [0.2, 0.25) is 3.93 Å². The van der Waals surface area contributed by atoms with E-state index in [1.165, 1.54) is 24.8 Å². The standard InChI is InChI=1S/C7H7.C4H7.Sn/c1-7-5-3-2-4-6-7;1-2-4-3-1;/h2-5H,1H3;1H,2-4H2;. The van der Waals surface area contributed by atoms with Gasteiger partial charge in [0, 0.05) is 0 Å². The zero-order chi connectivity index (χ0) is 8.39. The number of benzene rings is 1. The summed E-state index contributed by atoms with van der Waals surface area (Å²) in [6.07, 6.45) is 4.55. The average Bonchev–Trinajstić information content (AvgIpc) is 2.00. The molecule has 1 aromatic rings. The summed E-state index contributed by atoms with van der Waals surface area (Å²) in [5.74, 6) is 0. The van der Waals surface area contributed by atoms with Crippen molar-refractivity contribution in [1.29, 1.82) is 0 Å². The van der Waals surface area contributed by atoms with E-state index in [1.54, 1.807) is 3.58 Å². The summed E-state index contributed by atoms with van der Waals surface area (Å²) in [4.78, 5) is 0. The van der Waals surface area contributed by atoms with E-state index in [1.807, 2.05) is 0 Å². The Balaban J connectivity index is 2.06. The summed E-state index contributed by atoms with van der Waals surface area (Å²) in [6.45, 7) is 2.26. The van der Waals surface area contributed by atoms with Crippen LogP contribution < -0.4 is 3.58 Å². The molecule has 0 spiro atoms. The Morgan fingerprint density at radius 1 is 1.25 bits per heavy atom. The van der Waals surface area contributed by atoms with Crippen molar-refractivity contribution in [3.63, 3.8) is 0 Å². The number of hydrogen-bond acceptors (Lipinski definition) is 0. The van der Waals surface area contributed by atoms with Gasteiger partial charge in [-0.1, -0.05) is 0 Å². The van der Waals surface area contributed by atoms with Gasteiger partial charge in [0.2, 0.25) is 0 Å². The molecule has 0 nitrogen and oxygen atoms in total. The molecule has 1 aliphatic rings. The van der Waals surface area contributed by atoms with Gasteiger partial charge in [-0.2, -0.15) is 0 Å². The average molecular weight is 265 g/mol. The Hall–Kier alpha value is 0.0187. The van der Waals surface area contributed by atoms with Gasteiger partial charge in [0.15, 0.2) is 0 Å². The molecule has 0 aromatic heterocycles. The van der Waals surface area contributed by atoms with Crippen molar-refractivity contribution in [3.8, 4) is 0 Å². The molecule has 1 aliphatic carbocycles. The van der Waals surface area contributed by atoms with Crippen molar-refractivity contribution in [2.75, 3.05) is 0 Å². The summed E-state index contributed by atoms with van der Waals surface area (Å²) in [6, 6.07) is 8.95. The first-order chi connectivity index (χ1) is 5.86. The topological polar surface area (TPSA) is 0 Å². The molecule has 12 heavy (non-hydrogen) atoms. The molecule has 0 atom stereocenters. The van der Waals surface area contributed by atoms with Crippen molar-refractivity contribution in [1.82, 2.24) is 0 Å². The van der Waals surface area contributed by atoms with E-state index in [2.05, 4.69) is 31.2 Å². The minimum absolute atomic E-state index is 0.207. The van der Waals surface area contributed by atoms with Gasteiger partial charge in [-0.15, -0.1) is 0 Å². The van der Waals surface area contributed by atoms with Crippen LogP contribution in [0.25, 0.3) is 0 Å². The van der Waals surface area contributed by atoms with Crippen LogP contribution >= 0.6 is 0 Å². The molecule has 0 saturated heterocycles. The fourth-order valence-electron chi connectivity index (χ4n) is 1.51. The number of aryl methyl sites for hydroxylation is 1. The van der Waals surface area contributed by atoms with Gasteiger partial charge in [-0.05, 0) is 0 Å². The Bertz CT molecular complexity index is 263. The Morgan fingerprint density at radius 3 is 2.58 bits per heavy atom. The molecule has 0 amide bonds. The van der Waals surface area contributed by atoms with Gasteiger partial charge in [0.1, 0.15) is 0 Å². The summed E-state index contributed by atoms with van der Waals surface area (Å²) < 4.78 is 2.89. The van der Waals surface area contributed by atoms with Crippen molar-refractivity contribution in [2.45, 2.75) is 30.1 Å². The molecule has 62 valence electrons. The summed E-state index contributed by atoms with van der Waals surface area (Å²) in [5.41, 5.74) is 1.54. The predicted molar refractivity (Wildman–Crippen MR) is 54.2 cm³/mol. The third-order valence-electron chi connectivity index (χ3n) is 2.61. The molecule has 2 radical (unpaired) electrons. The first-order valence-corrected chi connectivity index (χ1v) is 7.76. The van der Waals surface area contributed by atoms with E-state index in [9.17, 15) is 0 Å². The zero-order valence-electron chi connectivity index (χ0n) is 7.51. The molecule has 0 aliphatic heterocycles. The molecule has 0 bridgehead atoms. The zero-order valence-corrected chi connectivity index (χ0v) is 10.4. The van der Waals surface area contributed by atoms with Gasteiger partial charge in [0.25, 0.3) is 0 Å². The molecule has 0 N–H and O–H groups in total. The van der Waals surface area contributed by atoms with Crippen LogP contribution in [-0.2, 0) is 0 Å². The first kappa shape index (κ1) is 8.61. The second-order valence-corrected chi connectivity index (χ2v) is 8.28. The number of hydrogen-bond donors (Lipinski definition) is 0. The summed E-state index contributed by atoms with van der Waals surface area (Å²) in [7, 11) is 0. The molecular weight excluding hydrogens is 251 g/mol. The van der Waals surface area contributed by atoms with Gasteiger partial charge in [-0.25, -0.2) is 0 Å². The monoisotopic (exact) mass is 266 g/mol. The summed E-state index contributed by atoms with van der Waals surface area (Å²) >= 11 is -0.207. The molecule has 1 heteroatoms. The maximum atomic E-state index is 2.35. The van der Waals surface area contributed by atoms with Crippen LogP contribution in [0.3, 0.4) is 0 Å². The third kappa shape index (κ3) is 1.84. The van der Waals surface area contributed by atoms with Gasteiger partial charge in [-0.3, -0.25) is 0 Å². The Kier molecular flexibility index (Phi) is 2.74. The van der Waals surface area contributed by atoms with Crippen LogP contribution in [0.15, 0.2) is 24.3 Å². The quantitative estimate of drug-likeness (QED) is 0.720. The molecule has 1 fully saturated rings. The van der Waals surface area contributed by atoms with E-state index in [-0.39, 0.29) is 21.1 Å². The fraction of sp³-hybridized carbons (Fsp3) is 0.455. The molecule has 0 unspecified atom stereocenters. The van der Waals surface area contributed by atoms with Crippen LogP contribution in [0.4, 0.5) is 0 Å². The van der Waals surface area contributed by atoms with Crippen molar-refractivity contribution < 1.29 is 0 Å². The van der Waals surface area contributed by atoms with E-state index in [4.69, 9.17) is 0 Å². The van der Waals surface area contributed by atoms with Crippen LogP contribution in [0.5, 0.6) is 0 Å². The SMILES string of the molecule is Cc1cccc[c]1[Sn][CH]1CCC1. The minimum atomic E-state index is -0.207. The predicted octanol–water partition coefficient (Wildman–Crippen LogP) is 2.30. The first-order valence-electron chi connectivity index (χ1n) is 4.68. The Morgan fingerprint density at radius 2 is 2.00 bits per heavy atom. The fourth-order valence-corrected chi connectivity index (χ4v) is 6.19. The molecule has 2 rings (SSSR count). The van der Waals surface area contributed by atoms with Gasteiger partial charge in [0.05, 0.1) is 0 Å². The van der Waals surface area contributed by atoms with E-state index < -0.39 is 0 Å². The van der Waals surface area contributed by atoms with E-state index in [0.717, 1.165) is 3.93 Å². The van der Waals surface area contributed by atoms with Gasteiger partial charge < -0.3 is 0 Å². The van der Waals surface area contributed by atoms with Gasteiger partial charge >= 0.3 is 84.7 Å². The van der Waals surface area contributed by atoms with E-state index >= 15 is 0 Å². The molecular formula is C11H14Sn. The molecule has 1 saturated carbocycles. The normalized spacial score (nSPS) is 17.4. The van der Waals surface area contributed by atoms with Crippen LogP contribution in [-0.4, -0.2) is 21.1 Å². The Labute approximate surface area is 84.6 Å². The maximum absolute atomic E-state index is 2.35. The van der Waals surface area contributed by atoms with Crippen molar-refractivity contribution in [2.24, 2.45) is 0 Å². The second-order valence-electron chi connectivity index (χ2n) is 3.59. The van der Waals surface area contributed by atoms with Crippen molar-refractivity contribution in [3.05, 3.63) is 29.8 Å². The molecule has 0 heterocycles.